The average molecular weight is 210 g/mol. The summed E-state index contributed by atoms with van der Waals surface area (Å²) in [4.78, 5) is 21.0. The third-order valence-electron chi connectivity index (χ3n) is 2.22. The Hall–Kier alpha value is -1.43. The van der Waals surface area contributed by atoms with Crippen LogP contribution in [0.15, 0.2) is 0 Å². The Morgan fingerprint density at radius 2 is 2.40 bits per heavy atom. The zero-order chi connectivity index (χ0) is 10.8. The Kier molecular flexibility index (Phi) is 2.68. The van der Waals surface area contributed by atoms with Crippen molar-refractivity contribution in [3.05, 3.63) is 11.6 Å². The summed E-state index contributed by atoms with van der Waals surface area (Å²) in [6.07, 6.45) is 0.868. The van der Waals surface area contributed by atoms with E-state index in [0.717, 1.165) is 12.2 Å². The number of aromatic nitrogens is 3. The highest BCUT2D eigenvalue weighted by Crippen LogP contribution is 2.11. The van der Waals surface area contributed by atoms with Crippen molar-refractivity contribution in [3.8, 4) is 0 Å². The van der Waals surface area contributed by atoms with Crippen molar-refractivity contribution < 1.29 is 9.63 Å². The average Bonchev–Trinajstić information content (AvgIpc) is 2.88. The zero-order valence-electron chi connectivity index (χ0n) is 8.86. The molecule has 0 radical (unpaired) electrons. The van der Waals surface area contributed by atoms with E-state index in [2.05, 4.69) is 15.2 Å². The number of hydrogen-bond acceptors (Lipinski definition) is 4. The number of nitrogens with one attached hydrogen (secondary N) is 1. The van der Waals surface area contributed by atoms with Crippen molar-refractivity contribution in [2.45, 2.75) is 26.2 Å². The van der Waals surface area contributed by atoms with Crippen LogP contribution >= 0.6 is 0 Å². The lowest BCUT2D eigenvalue weighted by atomic mass is 10.2. The fraction of sp³-hybridized carbons (Fsp3) is 0.667. The van der Waals surface area contributed by atoms with Crippen LogP contribution in [0.3, 0.4) is 0 Å². The molecule has 1 saturated heterocycles. The van der Waals surface area contributed by atoms with Gasteiger partial charge in [0.25, 0.3) is 0 Å². The minimum absolute atomic E-state index is 0.181. The molecule has 0 aromatic carbocycles. The predicted octanol–water partition coefficient (Wildman–Crippen LogP) is 0.706. The highest BCUT2D eigenvalue weighted by molar-refractivity contribution is 5.89. The Bertz CT molecular complexity index is 355. The van der Waals surface area contributed by atoms with E-state index in [4.69, 9.17) is 4.84 Å². The van der Waals surface area contributed by atoms with Crippen molar-refractivity contribution in [2.75, 3.05) is 13.2 Å². The molecule has 2 rings (SSSR count). The predicted molar refractivity (Wildman–Crippen MR) is 52.1 cm³/mol. The molecule has 1 aliphatic heterocycles. The topological polar surface area (TPSA) is 71.1 Å². The fourth-order valence-corrected chi connectivity index (χ4v) is 1.35. The second kappa shape index (κ2) is 3.98. The number of amides is 1. The molecule has 1 aromatic heterocycles. The molecule has 0 spiro atoms. The molecule has 0 unspecified atom stereocenters. The molecule has 2 heterocycles. The second-order valence-corrected chi connectivity index (χ2v) is 3.79. The van der Waals surface area contributed by atoms with E-state index >= 15 is 0 Å². The molecule has 1 aliphatic rings. The molecule has 1 amide bonds. The molecule has 82 valence electrons. The van der Waals surface area contributed by atoms with Crippen LogP contribution in [-0.2, 0) is 4.84 Å². The van der Waals surface area contributed by atoms with E-state index in [1.165, 1.54) is 5.06 Å². The molecular weight excluding hydrogens is 196 g/mol. The van der Waals surface area contributed by atoms with Crippen LogP contribution in [0.4, 0.5) is 0 Å². The molecule has 0 bridgehead atoms. The summed E-state index contributed by atoms with van der Waals surface area (Å²) in [6.45, 7) is 5.18. The van der Waals surface area contributed by atoms with Crippen LogP contribution in [0.25, 0.3) is 0 Å². The first kappa shape index (κ1) is 10.1. The normalized spacial score (nSPS) is 16.3. The molecule has 1 N–H and O–H groups in total. The number of H-pyrrole nitrogens is 1. The molecule has 6 heteroatoms. The van der Waals surface area contributed by atoms with Gasteiger partial charge in [-0.1, -0.05) is 13.8 Å². The lowest BCUT2D eigenvalue weighted by molar-refractivity contribution is -0.0775. The third kappa shape index (κ3) is 1.99. The van der Waals surface area contributed by atoms with E-state index in [-0.39, 0.29) is 17.6 Å². The third-order valence-corrected chi connectivity index (χ3v) is 2.22. The van der Waals surface area contributed by atoms with Crippen LogP contribution in [0.5, 0.6) is 0 Å². The molecule has 0 aliphatic carbocycles. The minimum Gasteiger partial charge on any atom is -0.271 e. The Labute approximate surface area is 87.6 Å². The molecule has 1 fully saturated rings. The maximum absolute atomic E-state index is 11.7. The van der Waals surface area contributed by atoms with Crippen LogP contribution in [0.1, 0.15) is 42.6 Å². The SMILES string of the molecule is CC(C)c1nc(C(=O)N2CCCO2)n[nH]1. The molecule has 0 atom stereocenters. The summed E-state index contributed by atoms with van der Waals surface area (Å²) in [5, 5.41) is 7.93. The fourth-order valence-electron chi connectivity index (χ4n) is 1.35. The highest BCUT2D eigenvalue weighted by Gasteiger charge is 2.24. The Morgan fingerprint density at radius 3 is 2.93 bits per heavy atom. The van der Waals surface area contributed by atoms with Gasteiger partial charge in [-0.05, 0) is 6.42 Å². The van der Waals surface area contributed by atoms with Crippen molar-refractivity contribution in [1.29, 1.82) is 0 Å². The first-order valence-corrected chi connectivity index (χ1v) is 5.05. The number of hydrogen-bond donors (Lipinski definition) is 1. The smallest absolute Gasteiger partial charge is 0.271 e. The number of rotatable bonds is 2. The lowest BCUT2D eigenvalue weighted by Gasteiger charge is -2.10. The summed E-state index contributed by atoms with van der Waals surface area (Å²) in [5.74, 6) is 0.868. The van der Waals surface area contributed by atoms with Gasteiger partial charge in [-0.15, -0.1) is 5.10 Å². The highest BCUT2D eigenvalue weighted by atomic mass is 16.7. The molecule has 1 aromatic rings. The summed E-state index contributed by atoms with van der Waals surface area (Å²) < 4.78 is 0. The van der Waals surface area contributed by atoms with Crippen LogP contribution in [0, 0.1) is 0 Å². The van der Waals surface area contributed by atoms with Gasteiger partial charge >= 0.3 is 5.91 Å². The number of hydroxylamine groups is 2. The summed E-state index contributed by atoms with van der Waals surface area (Å²) in [6, 6.07) is 0. The first-order valence-electron chi connectivity index (χ1n) is 5.05. The van der Waals surface area contributed by atoms with Gasteiger partial charge in [-0.3, -0.25) is 14.7 Å². The van der Waals surface area contributed by atoms with E-state index < -0.39 is 0 Å². The van der Waals surface area contributed by atoms with Gasteiger partial charge in [-0.2, -0.15) is 0 Å². The zero-order valence-corrected chi connectivity index (χ0v) is 8.86. The van der Waals surface area contributed by atoms with Gasteiger partial charge in [0.15, 0.2) is 0 Å². The molecule has 6 nitrogen and oxygen atoms in total. The summed E-state index contributed by atoms with van der Waals surface area (Å²) in [5.41, 5.74) is 0. The van der Waals surface area contributed by atoms with Gasteiger partial charge in [0.2, 0.25) is 5.82 Å². The number of carbonyl (C=O) groups is 1. The molecular formula is C9H14N4O2. The number of aromatic amines is 1. The Balaban J connectivity index is 2.11. The largest absolute Gasteiger partial charge is 0.317 e. The quantitative estimate of drug-likeness (QED) is 0.780. The lowest BCUT2D eigenvalue weighted by Crippen LogP contribution is -2.27. The van der Waals surface area contributed by atoms with E-state index in [1.807, 2.05) is 13.8 Å². The van der Waals surface area contributed by atoms with Gasteiger partial charge in [0.05, 0.1) is 13.2 Å². The van der Waals surface area contributed by atoms with Gasteiger partial charge in [0, 0.05) is 5.92 Å². The Morgan fingerprint density at radius 1 is 1.60 bits per heavy atom. The first-order chi connectivity index (χ1) is 7.18. The second-order valence-electron chi connectivity index (χ2n) is 3.79. The van der Waals surface area contributed by atoms with Crippen molar-refractivity contribution in [1.82, 2.24) is 20.2 Å². The summed E-state index contributed by atoms with van der Waals surface area (Å²) in [7, 11) is 0. The summed E-state index contributed by atoms with van der Waals surface area (Å²) >= 11 is 0. The number of nitrogens with zero attached hydrogens (tertiary/aromatic N) is 3. The molecule has 0 saturated carbocycles. The van der Waals surface area contributed by atoms with Crippen molar-refractivity contribution >= 4 is 5.91 Å². The van der Waals surface area contributed by atoms with Crippen LogP contribution < -0.4 is 0 Å². The molecule has 15 heavy (non-hydrogen) atoms. The monoisotopic (exact) mass is 210 g/mol. The van der Waals surface area contributed by atoms with E-state index in [1.54, 1.807) is 0 Å². The van der Waals surface area contributed by atoms with Crippen LogP contribution in [-0.4, -0.2) is 39.3 Å². The van der Waals surface area contributed by atoms with Crippen molar-refractivity contribution in [3.63, 3.8) is 0 Å². The minimum atomic E-state index is -0.268. The van der Waals surface area contributed by atoms with Gasteiger partial charge < -0.3 is 0 Å². The number of carbonyl (C=O) groups excluding carboxylic acids is 1. The van der Waals surface area contributed by atoms with Gasteiger partial charge in [0.1, 0.15) is 5.82 Å². The standard InChI is InChI=1S/C9H14N4O2/c1-6(2)7-10-8(12-11-7)9(14)13-4-3-5-15-13/h6H,3-5H2,1-2H3,(H,10,11,12). The van der Waals surface area contributed by atoms with E-state index in [0.29, 0.717) is 13.2 Å². The van der Waals surface area contributed by atoms with E-state index in [9.17, 15) is 4.79 Å². The van der Waals surface area contributed by atoms with Crippen LogP contribution in [0.2, 0.25) is 0 Å². The van der Waals surface area contributed by atoms with Crippen molar-refractivity contribution in [2.24, 2.45) is 0 Å². The maximum atomic E-state index is 11.7. The van der Waals surface area contributed by atoms with Gasteiger partial charge in [-0.25, -0.2) is 10.0 Å². The maximum Gasteiger partial charge on any atom is 0.317 e.